The molecule has 1 N–H and O–H groups in total. The van der Waals surface area contributed by atoms with E-state index in [1.54, 1.807) is 7.11 Å². The van der Waals surface area contributed by atoms with E-state index in [1.807, 2.05) is 23.9 Å². The summed E-state index contributed by atoms with van der Waals surface area (Å²) in [4.78, 5) is 22.4. The third-order valence-electron chi connectivity index (χ3n) is 2.76. The van der Waals surface area contributed by atoms with Gasteiger partial charge < -0.3 is 9.84 Å². The summed E-state index contributed by atoms with van der Waals surface area (Å²) in [5.41, 5.74) is -0.709. The largest absolute Gasteiger partial charge is 0.497 e. The Morgan fingerprint density at radius 2 is 2.17 bits per heavy atom. The Morgan fingerprint density at radius 3 is 2.57 bits per heavy atom. The van der Waals surface area contributed by atoms with Crippen LogP contribution in [0.15, 0.2) is 29.3 Å². The first kappa shape index (κ1) is 19.2. The molecule has 1 aromatic carbocycles. The van der Waals surface area contributed by atoms with Crippen molar-refractivity contribution in [3.63, 3.8) is 0 Å². The molecule has 23 heavy (non-hydrogen) atoms. The fraction of sp³-hybridized carbons (Fsp3) is 0.429. The molecule has 0 saturated heterocycles. The molecule has 0 radical (unpaired) electrons. The minimum Gasteiger partial charge on any atom is -0.497 e. The number of hydrogen-bond acceptors (Lipinski definition) is 6. The van der Waals surface area contributed by atoms with Gasteiger partial charge in [0.15, 0.2) is 0 Å². The average Bonchev–Trinajstić information content (AvgIpc) is 2.56. The van der Waals surface area contributed by atoms with Gasteiger partial charge in [0.2, 0.25) is 0 Å². The monoisotopic (exact) mass is 360 g/mol. The zero-order valence-corrected chi connectivity index (χ0v) is 14.0. The van der Waals surface area contributed by atoms with Crippen molar-refractivity contribution in [2.45, 2.75) is 18.3 Å². The van der Waals surface area contributed by atoms with Gasteiger partial charge in [0.25, 0.3) is 0 Å². The first-order valence-corrected chi connectivity index (χ1v) is 8.15. The smallest absolute Gasteiger partial charge is 0.396 e. The molecule has 126 valence electrons. The van der Waals surface area contributed by atoms with Crippen molar-refractivity contribution >= 4 is 34.4 Å². The van der Waals surface area contributed by atoms with E-state index in [9.17, 15) is 14.9 Å². The molecule has 7 nitrogen and oxygen atoms in total. The summed E-state index contributed by atoms with van der Waals surface area (Å²) in [7, 11) is 1.69. The van der Waals surface area contributed by atoms with Crippen LogP contribution in [0, 0.1) is 10.1 Å². The standard InChI is InChI=1S/C12H15NOS.C2H2ClNO4/c1-14-11-5-3-10(4-6-11)9-12-13-7-2-8-15-12;3-1(2(5)6)4(7)8/h3-6H,2,7-9H2,1H3;1H,(H,5,6). The SMILES string of the molecule is COc1ccc(CC2=NCCCS2)cc1.O=C(O)C(Cl)[N+](=O)[O-]. The molecule has 0 fully saturated rings. The summed E-state index contributed by atoms with van der Waals surface area (Å²) in [6, 6.07) is 8.22. The van der Waals surface area contributed by atoms with E-state index < -0.39 is 16.4 Å². The fourth-order valence-corrected chi connectivity index (χ4v) is 2.58. The van der Waals surface area contributed by atoms with Crippen molar-refractivity contribution in [2.75, 3.05) is 19.4 Å². The number of alkyl halides is 1. The summed E-state index contributed by atoms with van der Waals surface area (Å²) < 4.78 is 5.12. The van der Waals surface area contributed by atoms with Gasteiger partial charge in [-0.1, -0.05) is 12.1 Å². The van der Waals surface area contributed by atoms with Crippen LogP contribution in [0.2, 0.25) is 0 Å². The van der Waals surface area contributed by atoms with Gasteiger partial charge in [-0.05, 0) is 35.7 Å². The number of carboxylic acid groups (broad SMARTS) is 1. The van der Waals surface area contributed by atoms with Crippen LogP contribution in [0.3, 0.4) is 0 Å². The maximum atomic E-state index is 9.57. The predicted molar refractivity (Wildman–Crippen MR) is 90.3 cm³/mol. The van der Waals surface area contributed by atoms with Gasteiger partial charge in [0, 0.05) is 18.7 Å². The summed E-state index contributed by atoms with van der Waals surface area (Å²) in [5.74, 6) is 0.489. The quantitative estimate of drug-likeness (QED) is 0.375. The lowest BCUT2D eigenvalue weighted by atomic mass is 10.1. The second-order valence-corrected chi connectivity index (χ2v) is 6.04. The first-order valence-electron chi connectivity index (χ1n) is 6.73. The Balaban J connectivity index is 0.000000284. The van der Waals surface area contributed by atoms with E-state index in [0.29, 0.717) is 0 Å². The Labute approximate surface area is 142 Å². The number of carbonyl (C=O) groups is 1. The Hall–Kier alpha value is -1.80. The van der Waals surface area contributed by atoms with Crippen molar-refractivity contribution < 1.29 is 19.6 Å². The van der Waals surface area contributed by atoms with Crippen molar-refractivity contribution in [1.29, 1.82) is 0 Å². The maximum absolute atomic E-state index is 9.57. The van der Waals surface area contributed by atoms with Gasteiger partial charge in [-0.2, -0.15) is 0 Å². The number of aliphatic carboxylic acids is 1. The third kappa shape index (κ3) is 7.34. The minimum atomic E-state index is -2.02. The van der Waals surface area contributed by atoms with Gasteiger partial charge in [-0.15, -0.1) is 11.8 Å². The van der Waals surface area contributed by atoms with Crippen LogP contribution in [0.5, 0.6) is 5.75 Å². The van der Waals surface area contributed by atoms with Crippen LogP contribution in [-0.4, -0.2) is 46.0 Å². The number of methoxy groups -OCH3 is 1. The number of hydrogen-bond donors (Lipinski definition) is 1. The van der Waals surface area contributed by atoms with Crippen molar-refractivity contribution in [3.8, 4) is 5.75 Å². The zero-order valence-electron chi connectivity index (χ0n) is 12.5. The van der Waals surface area contributed by atoms with Gasteiger partial charge in [-0.3, -0.25) is 15.1 Å². The van der Waals surface area contributed by atoms with Gasteiger partial charge in [-0.25, -0.2) is 4.79 Å². The lowest BCUT2D eigenvalue weighted by Gasteiger charge is -2.11. The van der Waals surface area contributed by atoms with Crippen molar-refractivity contribution in [2.24, 2.45) is 4.99 Å². The summed E-state index contributed by atoms with van der Waals surface area (Å²) in [6.07, 6.45) is 2.19. The number of nitro groups is 1. The second-order valence-electron chi connectivity index (χ2n) is 4.46. The van der Waals surface area contributed by atoms with Crippen molar-refractivity contribution in [1.82, 2.24) is 0 Å². The van der Waals surface area contributed by atoms with Crippen LogP contribution in [0.25, 0.3) is 0 Å². The molecule has 1 atom stereocenters. The number of nitrogens with zero attached hydrogens (tertiary/aromatic N) is 2. The van der Waals surface area contributed by atoms with E-state index in [-0.39, 0.29) is 0 Å². The predicted octanol–water partition coefficient (Wildman–Crippen LogP) is 2.69. The Kier molecular flexibility index (Phi) is 8.42. The summed E-state index contributed by atoms with van der Waals surface area (Å²) in [5, 5.41) is 18.5. The topological polar surface area (TPSA) is 102 Å². The van der Waals surface area contributed by atoms with Crippen molar-refractivity contribution in [3.05, 3.63) is 39.9 Å². The van der Waals surface area contributed by atoms with Gasteiger partial charge in [0.05, 0.1) is 17.1 Å². The lowest BCUT2D eigenvalue weighted by Crippen LogP contribution is -2.22. The molecule has 1 aromatic rings. The average molecular weight is 361 g/mol. The maximum Gasteiger partial charge on any atom is 0.396 e. The molecule has 0 aromatic heterocycles. The molecule has 9 heteroatoms. The van der Waals surface area contributed by atoms with Gasteiger partial charge >= 0.3 is 11.5 Å². The molecule has 2 rings (SSSR count). The molecule has 0 spiro atoms. The second kappa shape index (κ2) is 10.1. The Morgan fingerprint density at radius 1 is 1.52 bits per heavy atom. The Bertz CT molecular complexity index is 551. The number of benzene rings is 1. The number of thioether (sulfide) groups is 1. The first-order chi connectivity index (χ1) is 10.9. The number of carboxylic acids is 1. The molecule has 0 bridgehead atoms. The van der Waals surface area contributed by atoms with Crippen LogP contribution in [0.4, 0.5) is 0 Å². The molecule has 1 aliphatic heterocycles. The number of halogens is 1. The van der Waals surface area contributed by atoms with Crippen LogP contribution in [-0.2, 0) is 11.2 Å². The highest BCUT2D eigenvalue weighted by Crippen LogP contribution is 2.18. The van der Waals surface area contributed by atoms with E-state index in [0.717, 1.165) is 18.7 Å². The van der Waals surface area contributed by atoms with Gasteiger partial charge in [0.1, 0.15) is 5.75 Å². The fourth-order valence-electron chi connectivity index (χ4n) is 1.62. The normalized spacial score (nSPS) is 14.8. The molecule has 1 aliphatic rings. The van der Waals surface area contributed by atoms with E-state index >= 15 is 0 Å². The zero-order chi connectivity index (χ0) is 17.2. The van der Waals surface area contributed by atoms with E-state index in [1.165, 1.54) is 22.8 Å². The minimum absolute atomic E-state index is 0.914. The highest BCUT2D eigenvalue weighted by Gasteiger charge is 2.24. The molecular weight excluding hydrogens is 344 g/mol. The number of ether oxygens (including phenoxy) is 1. The third-order valence-corrected chi connectivity index (χ3v) is 4.21. The number of aliphatic imine (C=N–C) groups is 1. The van der Waals surface area contributed by atoms with Crippen LogP contribution in [0.1, 0.15) is 12.0 Å². The molecule has 0 amide bonds. The highest BCUT2D eigenvalue weighted by molar-refractivity contribution is 8.14. The van der Waals surface area contributed by atoms with Crippen LogP contribution < -0.4 is 4.74 Å². The lowest BCUT2D eigenvalue weighted by molar-refractivity contribution is -0.487. The molecule has 1 heterocycles. The molecule has 0 saturated carbocycles. The number of rotatable bonds is 5. The summed E-state index contributed by atoms with van der Waals surface area (Å²) in [6.45, 7) is 0.999. The van der Waals surface area contributed by atoms with Crippen LogP contribution >= 0.6 is 23.4 Å². The molecule has 1 unspecified atom stereocenters. The summed E-state index contributed by atoms with van der Waals surface area (Å²) >= 11 is 6.54. The molecular formula is C14H17ClN2O5S. The highest BCUT2D eigenvalue weighted by atomic mass is 35.5. The van der Waals surface area contributed by atoms with E-state index in [2.05, 4.69) is 28.7 Å². The van der Waals surface area contributed by atoms with E-state index in [4.69, 9.17) is 9.84 Å². The molecule has 0 aliphatic carbocycles.